The molecule has 3 amide bonds. The quantitative estimate of drug-likeness (QED) is 0.428. The third kappa shape index (κ3) is 5.96. The highest BCUT2D eigenvalue weighted by Gasteiger charge is 2.31. The summed E-state index contributed by atoms with van der Waals surface area (Å²) in [5, 5.41) is 19.3. The molecule has 1 aliphatic rings. The predicted octanol–water partition coefficient (Wildman–Crippen LogP) is 4.62. The molecule has 0 aliphatic heterocycles. The number of hydrogen-bond donors (Lipinski definition) is 3. The predicted molar refractivity (Wildman–Crippen MR) is 122 cm³/mol. The van der Waals surface area contributed by atoms with E-state index in [-0.39, 0.29) is 28.9 Å². The zero-order chi connectivity index (χ0) is 23.1. The number of benzene rings is 2. The summed E-state index contributed by atoms with van der Waals surface area (Å²) >= 11 is 0. The number of non-ortho nitro benzene ring substituents is 1. The molecule has 0 unspecified atom stereocenters. The summed E-state index contributed by atoms with van der Waals surface area (Å²) in [7, 11) is 1.41. The molecule has 2 aromatic rings. The minimum Gasteiger partial charge on any atom is -0.495 e. The number of nitro groups is 1. The number of nitrogens with zero attached hydrogens (tertiary/aromatic N) is 1. The number of urea groups is 1. The van der Waals surface area contributed by atoms with Gasteiger partial charge in [-0.1, -0.05) is 37.0 Å². The minimum atomic E-state index is -0.735. The first-order valence-corrected chi connectivity index (χ1v) is 10.6. The molecule has 1 fully saturated rings. The molecule has 1 saturated carbocycles. The molecule has 0 bridgehead atoms. The van der Waals surface area contributed by atoms with Gasteiger partial charge in [0, 0.05) is 17.8 Å². The van der Waals surface area contributed by atoms with E-state index in [1.807, 2.05) is 31.2 Å². The first-order valence-electron chi connectivity index (χ1n) is 10.6. The molecule has 1 atom stereocenters. The van der Waals surface area contributed by atoms with Gasteiger partial charge in [-0.25, -0.2) is 4.79 Å². The Kier molecular flexibility index (Phi) is 7.64. The van der Waals surface area contributed by atoms with Gasteiger partial charge in [-0.3, -0.25) is 14.9 Å². The zero-order valence-electron chi connectivity index (χ0n) is 18.2. The smallest absolute Gasteiger partial charge is 0.320 e. The van der Waals surface area contributed by atoms with Gasteiger partial charge in [-0.15, -0.1) is 0 Å². The molecule has 0 heterocycles. The van der Waals surface area contributed by atoms with E-state index in [1.165, 1.54) is 25.3 Å². The van der Waals surface area contributed by atoms with Crippen LogP contribution in [0, 0.1) is 23.0 Å². The second-order valence-corrected chi connectivity index (χ2v) is 7.97. The van der Waals surface area contributed by atoms with E-state index in [0.29, 0.717) is 5.69 Å². The number of amides is 3. The van der Waals surface area contributed by atoms with Crippen molar-refractivity contribution in [3.05, 3.63) is 58.1 Å². The van der Waals surface area contributed by atoms with Crippen LogP contribution >= 0.6 is 0 Å². The van der Waals surface area contributed by atoms with Crippen LogP contribution in [0.2, 0.25) is 0 Å². The lowest BCUT2D eigenvalue weighted by atomic mass is 9.83. The molecule has 0 aromatic heterocycles. The lowest BCUT2D eigenvalue weighted by Crippen LogP contribution is -2.50. The van der Waals surface area contributed by atoms with Crippen molar-refractivity contribution < 1.29 is 19.2 Å². The van der Waals surface area contributed by atoms with Crippen molar-refractivity contribution in [3.8, 4) is 5.75 Å². The molecule has 2 aromatic carbocycles. The van der Waals surface area contributed by atoms with Crippen molar-refractivity contribution in [2.75, 3.05) is 17.7 Å². The van der Waals surface area contributed by atoms with Gasteiger partial charge in [0.2, 0.25) is 5.91 Å². The van der Waals surface area contributed by atoms with Crippen LogP contribution in [0.15, 0.2) is 42.5 Å². The summed E-state index contributed by atoms with van der Waals surface area (Å²) in [6.45, 7) is 1.96. The van der Waals surface area contributed by atoms with Gasteiger partial charge < -0.3 is 20.7 Å². The summed E-state index contributed by atoms with van der Waals surface area (Å²) in [5.74, 6) is -0.00191. The maximum atomic E-state index is 13.1. The maximum absolute atomic E-state index is 13.1. The van der Waals surface area contributed by atoms with Crippen LogP contribution in [0.3, 0.4) is 0 Å². The SMILES string of the molecule is COc1ccc([N+](=O)[O-])cc1NC(=O)N[C@@H](C(=O)Nc1ccc(C)cc1)C1CCCCC1. The molecule has 1 aliphatic carbocycles. The van der Waals surface area contributed by atoms with E-state index in [1.54, 1.807) is 0 Å². The van der Waals surface area contributed by atoms with Gasteiger partial charge in [0.1, 0.15) is 11.8 Å². The highest BCUT2D eigenvalue weighted by Crippen LogP contribution is 2.30. The molecule has 9 heteroatoms. The van der Waals surface area contributed by atoms with Crippen LogP contribution in [0.5, 0.6) is 5.75 Å². The average Bonchev–Trinajstić information content (AvgIpc) is 2.79. The molecule has 0 radical (unpaired) electrons. The van der Waals surface area contributed by atoms with Crippen molar-refractivity contribution in [2.24, 2.45) is 5.92 Å². The van der Waals surface area contributed by atoms with Gasteiger partial charge in [0.05, 0.1) is 17.7 Å². The first-order chi connectivity index (χ1) is 15.4. The second-order valence-electron chi connectivity index (χ2n) is 7.97. The molecule has 0 saturated heterocycles. The van der Waals surface area contributed by atoms with Crippen molar-refractivity contribution in [3.63, 3.8) is 0 Å². The lowest BCUT2D eigenvalue weighted by Gasteiger charge is -2.30. The molecule has 3 N–H and O–H groups in total. The number of hydrogen-bond acceptors (Lipinski definition) is 5. The highest BCUT2D eigenvalue weighted by molar-refractivity contribution is 6.00. The fraction of sp³-hybridized carbons (Fsp3) is 0.391. The number of ether oxygens (including phenoxy) is 1. The van der Waals surface area contributed by atoms with Crippen LogP contribution < -0.4 is 20.7 Å². The highest BCUT2D eigenvalue weighted by atomic mass is 16.6. The number of methoxy groups -OCH3 is 1. The van der Waals surface area contributed by atoms with E-state index >= 15 is 0 Å². The molecule has 9 nitrogen and oxygen atoms in total. The summed E-state index contributed by atoms with van der Waals surface area (Å²) < 4.78 is 5.19. The van der Waals surface area contributed by atoms with Crippen LogP contribution in [0.4, 0.5) is 21.9 Å². The number of rotatable bonds is 7. The Labute approximate surface area is 186 Å². The Hall–Kier alpha value is -3.62. The Morgan fingerprint density at radius 2 is 1.75 bits per heavy atom. The first kappa shape index (κ1) is 23.1. The average molecular weight is 441 g/mol. The number of carbonyl (C=O) groups is 2. The summed E-state index contributed by atoms with van der Waals surface area (Å²) in [5.41, 5.74) is 1.71. The number of anilines is 2. The van der Waals surface area contributed by atoms with E-state index in [9.17, 15) is 19.7 Å². The van der Waals surface area contributed by atoms with Gasteiger partial charge >= 0.3 is 6.03 Å². The summed E-state index contributed by atoms with van der Waals surface area (Å²) in [6.07, 6.45) is 4.79. The van der Waals surface area contributed by atoms with E-state index in [2.05, 4.69) is 16.0 Å². The Morgan fingerprint density at radius 3 is 2.38 bits per heavy atom. The van der Waals surface area contributed by atoms with Gasteiger partial charge in [0.15, 0.2) is 0 Å². The Bertz CT molecular complexity index is 971. The number of aryl methyl sites for hydroxylation is 1. The van der Waals surface area contributed by atoms with Crippen LogP contribution in [-0.2, 0) is 4.79 Å². The Morgan fingerprint density at radius 1 is 1.06 bits per heavy atom. The standard InChI is InChI=1S/C23H28N4O5/c1-15-8-10-17(11-9-15)24-22(28)21(16-6-4-3-5-7-16)26-23(29)25-19-14-18(27(30)31)12-13-20(19)32-2/h8-14,16,21H,3-7H2,1-2H3,(H,24,28)(H2,25,26,29)/t21-/m1/s1. The van der Waals surface area contributed by atoms with Gasteiger partial charge in [0.25, 0.3) is 5.69 Å². The summed E-state index contributed by atoms with van der Waals surface area (Å²) in [6, 6.07) is 10.0. The van der Waals surface area contributed by atoms with E-state index < -0.39 is 17.0 Å². The largest absolute Gasteiger partial charge is 0.495 e. The molecular weight excluding hydrogens is 412 g/mol. The number of carbonyl (C=O) groups excluding carboxylic acids is 2. The molecule has 170 valence electrons. The molecule has 0 spiro atoms. The number of nitro benzene ring substituents is 1. The topological polar surface area (TPSA) is 123 Å². The maximum Gasteiger partial charge on any atom is 0.320 e. The zero-order valence-corrected chi connectivity index (χ0v) is 18.2. The molecule has 32 heavy (non-hydrogen) atoms. The molecular formula is C23H28N4O5. The van der Waals surface area contributed by atoms with Crippen molar-refractivity contribution in [1.82, 2.24) is 5.32 Å². The summed E-state index contributed by atoms with van der Waals surface area (Å²) in [4.78, 5) is 36.4. The van der Waals surface area contributed by atoms with Crippen LogP contribution in [0.1, 0.15) is 37.7 Å². The second kappa shape index (κ2) is 10.6. The fourth-order valence-corrected chi connectivity index (χ4v) is 3.93. The lowest BCUT2D eigenvalue weighted by molar-refractivity contribution is -0.384. The van der Waals surface area contributed by atoms with Crippen molar-refractivity contribution in [2.45, 2.75) is 45.1 Å². The van der Waals surface area contributed by atoms with E-state index in [4.69, 9.17) is 4.74 Å². The van der Waals surface area contributed by atoms with Gasteiger partial charge in [-0.2, -0.15) is 0 Å². The third-order valence-corrected chi connectivity index (χ3v) is 5.65. The monoisotopic (exact) mass is 440 g/mol. The van der Waals surface area contributed by atoms with Crippen molar-refractivity contribution >= 4 is 29.0 Å². The molecule has 3 rings (SSSR count). The number of nitrogens with one attached hydrogen (secondary N) is 3. The Balaban J connectivity index is 1.76. The van der Waals surface area contributed by atoms with Crippen LogP contribution in [0.25, 0.3) is 0 Å². The van der Waals surface area contributed by atoms with Crippen LogP contribution in [-0.4, -0.2) is 30.0 Å². The normalized spacial score (nSPS) is 14.8. The fourth-order valence-electron chi connectivity index (χ4n) is 3.93. The van der Waals surface area contributed by atoms with E-state index in [0.717, 1.165) is 37.7 Å². The third-order valence-electron chi connectivity index (χ3n) is 5.65. The minimum absolute atomic E-state index is 0.00644. The van der Waals surface area contributed by atoms with Crippen molar-refractivity contribution in [1.29, 1.82) is 0 Å². The van der Waals surface area contributed by atoms with Gasteiger partial charge in [-0.05, 0) is 43.9 Å².